The van der Waals surface area contributed by atoms with Crippen LogP contribution in [0.2, 0.25) is 0 Å². The van der Waals surface area contributed by atoms with E-state index in [-0.39, 0.29) is 5.56 Å². The van der Waals surface area contributed by atoms with Gasteiger partial charge in [-0.2, -0.15) is 5.10 Å². The number of anilines is 1. The maximum absolute atomic E-state index is 12.5. The first-order valence-electron chi connectivity index (χ1n) is 7.38. The third kappa shape index (κ3) is 3.23. The highest BCUT2D eigenvalue weighted by Crippen LogP contribution is 2.09. The van der Waals surface area contributed by atoms with Crippen LogP contribution in [0, 0.1) is 13.8 Å². The van der Waals surface area contributed by atoms with Crippen molar-refractivity contribution in [1.29, 1.82) is 0 Å². The Hall–Kier alpha value is -3.08. The molecule has 0 spiro atoms. The molecule has 2 aromatic carbocycles. The first kappa shape index (κ1) is 14.8. The summed E-state index contributed by atoms with van der Waals surface area (Å²) in [6.45, 7) is 3.89. The first-order chi connectivity index (χ1) is 11.1. The van der Waals surface area contributed by atoms with Crippen molar-refractivity contribution < 1.29 is 0 Å². The number of hydrogen-bond donors (Lipinski definition) is 2. The van der Waals surface area contributed by atoms with E-state index in [1.165, 1.54) is 10.2 Å². The van der Waals surface area contributed by atoms with Crippen LogP contribution < -0.4 is 11.0 Å². The molecular formula is C18H18N4O. The van der Waals surface area contributed by atoms with Gasteiger partial charge in [-0.15, -0.1) is 0 Å². The van der Waals surface area contributed by atoms with Crippen LogP contribution in [-0.2, 0) is 0 Å². The second kappa shape index (κ2) is 6.36. The van der Waals surface area contributed by atoms with Crippen molar-refractivity contribution in [3.63, 3.8) is 0 Å². The molecule has 0 saturated carbocycles. The van der Waals surface area contributed by atoms with Crippen molar-refractivity contribution in [1.82, 2.24) is 9.78 Å². The lowest BCUT2D eigenvalue weighted by Gasteiger charge is -1.99. The van der Waals surface area contributed by atoms with E-state index < -0.39 is 0 Å². The predicted octanol–water partition coefficient (Wildman–Crippen LogP) is 3.23. The van der Waals surface area contributed by atoms with Gasteiger partial charge in [-0.3, -0.25) is 15.3 Å². The number of hydrazone groups is 1. The molecule has 0 aliphatic heterocycles. The van der Waals surface area contributed by atoms with Gasteiger partial charge in [-0.05, 0) is 38.1 Å². The van der Waals surface area contributed by atoms with Gasteiger partial charge in [0.05, 0.1) is 23.2 Å². The van der Waals surface area contributed by atoms with E-state index in [1.54, 1.807) is 6.21 Å². The summed E-state index contributed by atoms with van der Waals surface area (Å²) in [5.41, 5.74) is 6.98. The average Bonchev–Trinajstić information content (AvgIpc) is 2.85. The average molecular weight is 306 g/mol. The van der Waals surface area contributed by atoms with Crippen LogP contribution in [-0.4, -0.2) is 16.0 Å². The Kier molecular flexibility index (Phi) is 4.10. The van der Waals surface area contributed by atoms with Crippen LogP contribution in [0.25, 0.3) is 5.69 Å². The fraction of sp³-hybridized carbons (Fsp3) is 0.111. The number of nitrogens with zero attached hydrogens (tertiary/aromatic N) is 2. The van der Waals surface area contributed by atoms with Gasteiger partial charge < -0.3 is 0 Å². The lowest BCUT2D eigenvalue weighted by atomic mass is 10.2. The first-order valence-corrected chi connectivity index (χ1v) is 7.38. The maximum Gasteiger partial charge on any atom is 0.280 e. The van der Waals surface area contributed by atoms with E-state index in [2.05, 4.69) is 15.6 Å². The van der Waals surface area contributed by atoms with Gasteiger partial charge in [0.15, 0.2) is 0 Å². The van der Waals surface area contributed by atoms with Crippen LogP contribution in [0.4, 0.5) is 5.69 Å². The van der Waals surface area contributed by atoms with E-state index in [0.29, 0.717) is 5.56 Å². The molecule has 0 aliphatic rings. The second-order valence-corrected chi connectivity index (χ2v) is 5.36. The summed E-state index contributed by atoms with van der Waals surface area (Å²) in [6, 6.07) is 17.3. The fourth-order valence-electron chi connectivity index (χ4n) is 2.27. The van der Waals surface area contributed by atoms with Gasteiger partial charge in [-0.25, -0.2) is 4.68 Å². The number of nitrogens with one attached hydrogen (secondary N) is 2. The molecule has 0 amide bonds. The van der Waals surface area contributed by atoms with Crippen LogP contribution in [0.3, 0.4) is 0 Å². The monoisotopic (exact) mass is 306 g/mol. The van der Waals surface area contributed by atoms with E-state index >= 15 is 0 Å². The summed E-state index contributed by atoms with van der Waals surface area (Å²) in [5, 5.41) is 7.23. The Labute approximate surface area is 134 Å². The summed E-state index contributed by atoms with van der Waals surface area (Å²) in [7, 11) is 0. The number of aromatic amines is 1. The minimum atomic E-state index is -0.122. The zero-order valence-corrected chi connectivity index (χ0v) is 13.1. The van der Waals surface area contributed by atoms with Crippen LogP contribution >= 0.6 is 0 Å². The van der Waals surface area contributed by atoms with Crippen molar-refractivity contribution in [2.24, 2.45) is 5.10 Å². The number of aryl methyl sites for hydroxylation is 2. The van der Waals surface area contributed by atoms with Crippen molar-refractivity contribution in [2.75, 3.05) is 5.43 Å². The van der Waals surface area contributed by atoms with E-state index in [9.17, 15) is 4.79 Å². The molecule has 0 fully saturated rings. The third-order valence-electron chi connectivity index (χ3n) is 3.57. The molecule has 116 valence electrons. The van der Waals surface area contributed by atoms with Crippen LogP contribution in [0.5, 0.6) is 0 Å². The minimum absolute atomic E-state index is 0.122. The molecule has 0 saturated heterocycles. The van der Waals surface area contributed by atoms with Gasteiger partial charge in [0.25, 0.3) is 5.56 Å². The molecule has 0 bridgehead atoms. The highest BCUT2D eigenvalue weighted by Gasteiger charge is 2.10. The lowest BCUT2D eigenvalue weighted by Crippen LogP contribution is -2.17. The topological polar surface area (TPSA) is 62.2 Å². The van der Waals surface area contributed by atoms with Crippen LogP contribution in [0.15, 0.2) is 64.5 Å². The summed E-state index contributed by atoms with van der Waals surface area (Å²) >= 11 is 0. The predicted molar refractivity (Wildman–Crippen MR) is 93.5 cm³/mol. The molecule has 3 rings (SSSR count). The highest BCUT2D eigenvalue weighted by atomic mass is 16.1. The zero-order chi connectivity index (χ0) is 16.2. The second-order valence-electron chi connectivity index (χ2n) is 5.36. The number of H-pyrrole nitrogens is 1. The van der Waals surface area contributed by atoms with Crippen molar-refractivity contribution in [3.05, 3.63) is 81.8 Å². The Morgan fingerprint density at radius 3 is 2.43 bits per heavy atom. The van der Waals surface area contributed by atoms with Gasteiger partial charge in [-0.1, -0.05) is 35.9 Å². The Morgan fingerprint density at radius 2 is 1.74 bits per heavy atom. The molecule has 23 heavy (non-hydrogen) atoms. The quantitative estimate of drug-likeness (QED) is 0.574. The number of benzene rings is 2. The molecule has 0 radical (unpaired) electrons. The molecular weight excluding hydrogens is 288 g/mol. The van der Waals surface area contributed by atoms with E-state index in [0.717, 1.165) is 17.1 Å². The SMILES string of the molecule is Cc1ccc(N/N=C/c2c(C)[nH]n(-c3ccccc3)c2=O)cc1. The lowest BCUT2D eigenvalue weighted by molar-refractivity contribution is 0.835. The molecule has 0 aliphatic carbocycles. The Morgan fingerprint density at radius 1 is 1.04 bits per heavy atom. The molecule has 1 heterocycles. The number of hydrogen-bond acceptors (Lipinski definition) is 3. The van der Waals surface area contributed by atoms with Crippen molar-refractivity contribution in [2.45, 2.75) is 13.8 Å². The molecule has 2 N–H and O–H groups in total. The van der Waals surface area contributed by atoms with Crippen molar-refractivity contribution >= 4 is 11.9 Å². The summed E-state index contributed by atoms with van der Waals surface area (Å²) in [6.07, 6.45) is 1.55. The van der Waals surface area contributed by atoms with Crippen LogP contribution in [0.1, 0.15) is 16.8 Å². The Bertz CT molecular complexity index is 874. The number of rotatable bonds is 4. The summed E-state index contributed by atoms with van der Waals surface area (Å²) in [4.78, 5) is 12.5. The van der Waals surface area contributed by atoms with Gasteiger partial charge in [0.2, 0.25) is 0 Å². The van der Waals surface area contributed by atoms with Gasteiger partial charge in [0, 0.05) is 5.69 Å². The maximum atomic E-state index is 12.5. The molecule has 1 aromatic heterocycles. The number of aromatic nitrogens is 2. The molecule has 0 unspecified atom stereocenters. The smallest absolute Gasteiger partial charge is 0.280 e. The zero-order valence-electron chi connectivity index (χ0n) is 13.1. The van der Waals surface area contributed by atoms with E-state index in [1.807, 2.05) is 68.4 Å². The molecule has 3 aromatic rings. The minimum Gasteiger partial charge on any atom is -0.295 e. The number of para-hydroxylation sites is 1. The van der Waals surface area contributed by atoms with Crippen molar-refractivity contribution in [3.8, 4) is 5.69 Å². The molecule has 0 atom stereocenters. The van der Waals surface area contributed by atoms with E-state index in [4.69, 9.17) is 0 Å². The normalized spacial score (nSPS) is 11.0. The third-order valence-corrected chi connectivity index (χ3v) is 3.57. The summed E-state index contributed by atoms with van der Waals surface area (Å²) < 4.78 is 1.52. The van der Waals surface area contributed by atoms with Gasteiger partial charge in [0.1, 0.15) is 0 Å². The molecule has 5 heteroatoms. The fourth-order valence-corrected chi connectivity index (χ4v) is 2.27. The standard InChI is InChI=1S/C18H18N4O/c1-13-8-10-15(11-9-13)20-19-12-17-14(2)21-22(18(17)23)16-6-4-3-5-7-16/h3-12,20-21H,1-2H3/b19-12+. The van der Waals surface area contributed by atoms with Gasteiger partial charge >= 0.3 is 0 Å². The Balaban J connectivity index is 1.83. The molecule has 5 nitrogen and oxygen atoms in total. The largest absolute Gasteiger partial charge is 0.295 e. The summed E-state index contributed by atoms with van der Waals surface area (Å²) in [5.74, 6) is 0. The highest BCUT2D eigenvalue weighted by molar-refractivity contribution is 5.81.